The van der Waals surface area contributed by atoms with E-state index < -0.39 is 29.1 Å². The maximum absolute atomic E-state index is 13.0. The monoisotopic (exact) mass is 511 g/mol. The number of aromatic nitrogens is 5. The van der Waals surface area contributed by atoms with Crippen LogP contribution < -0.4 is 5.32 Å². The highest BCUT2D eigenvalue weighted by Crippen LogP contribution is 2.42. The van der Waals surface area contributed by atoms with Crippen molar-refractivity contribution in [1.29, 1.82) is 5.41 Å². The minimum Gasteiger partial charge on any atom is -0.511 e. The summed E-state index contributed by atoms with van der Waals surface area (Å²) < 4.78 is 42.6. The van der Waals surface area contributed by atoms with Gasteiger partial charge in [-0.2, -0.15) is 18.3 Å². The molecule has 0 unspecified atom stereocenters. The largest absolute Gasteiger partial charge is 0.511 e. The second-order valence-electron chi connectivity index (χ2n) is 9.04. The van der Waals surface area contributed by atoms with E-state index >= 15 is 0 Å². The van der Waals surface area contributed by atoms with Gasteiger partial charge >= 0.3 is 6.18 Å². The first kappa shape index (κ1) is 25.6. The second kappa shape index (κ2) is 9.52. The van der Waals surface area contributed by atoms with E-state index in [9.17, 15) is 23.1 Å². The van der Waals surface area contributed by atoms with Crippen molar-refractivity contribution in [2.75, 3.05) is 0 Å². The lowest BCUT2D eigenvalue weighted by Crippen LogP contribution is -2.36. The van der Waals surface area contributed by atoms with Gasteiger partial charge in [-0.15, -0.1) is 0 Å². The number of imidazole rings is 1. The average molecular weight is 512 g/mol. The molecule has 0 spiro atoms. The molecule has 12 heteroatoms. The predicted octanol–water partition coefficient (Wildman–Crippen LogP) is 4.46. The average Bonchev–Trinajstić information content (AvgIpc) is 3.44. The van der Waals surface area contributed by atoms with Crippen molar-refractivity contribution in [2.45, 2.75) is 26.4 Å². The Bertz CT molecular complexity index is 1500. The van der Waals surface area contributed by atoms with Crippen LogP contribution in [0.25, 0.3) is 28.2 Å². The third-order valence-corrected chi connectivity index (χ3v) is 5.92. The standard InChI is InChI=1S/C25H24F3N7O2/c1-24(2,25(26,27)28)20(36)10-21(29)33-23(37)8-15-4-6-16(7-5-15)19-12-30-22-9-18(31-14-35(19)22)17-11-32-34(3)13-17/h4-7,9-14,36H,8H2,1-3H3,(H2,29,33,37)/b20-10-. The number of carbonyl (C=O) groups excluding carboxylic acids is 1. The second-order valence-corrected chi connectivity index (χ2v) is 9.04. The Hall–Kier alpha value is -4.48. The maximum atomic E-state index is 13.0. The molecule has 4 rings (SSSR count). The van der Waals surface area contributed by atoms with Crippen molar-refractivity contribution in [1.82, 2.24) is 29.5 Å². The molecule has 0 saturated heterocycles. The normalized spacial score (nSPS) is 12.6. The number of allylic oxidation sites excluding steroid dienone is 1. The Morgan fingerprint density at radius 2 is 1.84 bits per heavy atom. The quantitative estimate of drug-likeness (QED) is 0.200. The summed E-state index contributed by atoms with van der Waals surface area (Å²) >= 11 is 0. The van der Waals surface area contributed by atoms with Crippen LogP contribution in [0.15, 0.2) is 67.1 Å². The van der Waals surface area contributed by atoms with Gasteiger partial charge in [0, 0.05) is 36.5 Å². The van der Waals surface area contributed by atoms with Gasteiger partial charge in [-0.05, 0) is 19.4 Å². The first-order valence-corrected chi connectivity index (χ1v) is 11.1. The number of aliphatic hydroxyl groups is 1. The zero-order valence-electron chi connectivity index (χ0n) is 20.2. The zero-order chi connectivity index (χ0) is 27.0. The van der Waals surface area contributed by atoms with E-state index in [1.54, 1.807) is 35.5 Å². The Balaban J connectivity index is 1.43. The fourth-order valence-corrected chi connectivity index (χ4v) is 3.48. The Morgan fingerprint density at radius 1 is 1.14 bits per heavy atom. The van der Waals surface area contributed by atoms with Gasteiger partial charge < -0.3 is 10.4 Å². The smallest absolute Gasteiger partial charge is 0.400 e. The lowest BCUT2D eigenvalue weighted by atomic mass is 9.89. The highest BCUT2D eigenvalue weighted by Gasteiger charge is 2.50. The number of nitrogens with zero attached hydrogens (tertiary/aromatic N) is 5. The first-order valence-electron chi connectivity index (χ1n) is 11.1. The molecule has 37 heavy (non-hydrogen) atoms. The van der Waals surface area contributed by atoms with Crippen LogP contribution in [0, 0.1) is 10.8 Å². The van der Waals surface area contributed by atoms with Crippen molar-refractivity contribution >= 4 is 17.4 Å². The summed E-state index contributed by atoms with van der Waals surface area (Å²) in [5.41, 5.74) is 2.04. The number of amides is 1. The van der Waals surface area contributed by atoms with Gasteiger partial charge in [0.1, 0.15) is 29.0 Å². The maximum Gasteiger partial charge on any atom is 0.400 e. The fraction of sp³-hybridized carbons (Fsp3) is 0.240. The topological polar surface area (TPSA) is 121 Å². The highest BCUT2D eigenvalue weighted by molar-refractivity contribution is 6.03. The molecule has 0 fully saturated rings. The number of amidine groups is 1. The number of carbonyl (C=O) groups is 1. The third kappa shape index (κ3) is 5.37. The zero-order valence-corrected chi connectivity index (χ0v) is 20.2. The summed E-state index contributed by atoms with van der Waals surface area (Å²) in [5.74, 6) is -2.31. The van der Waals surface area contributed by atoms with E-state index in [2.05, 4.69) is 20.4 Å². The number of aryl methyl sites for hydroxylation is 1. The number of fused-ring (bicyclic) bond motifs is 1. The molecule has 1 amide bonds. The number of hydrogen-bond acceptors (Lipinski definition) is 6. The molecule has 0 atom stereocenters. The molecule has 192 valence electrons. The summed E-state index contributed by atoms with van der Waals surface area (Å²) in [5, 5.41) is 23.8. The van der Waals surface area contributed by atoms with E-state index in [1.807, 2.05) is 35.8 Å². The van der Waals surface area contributed by atoms with Crippen molar-refractivity contribution in [2.24, 2.45) is 12.5 Å². The van der Waals surface area contributed by atoms with Crippen LogP contribution in [0.3, 0.4) is 0 Å². The number of aliphatic hydroxyl groups excluding tert-OH is 1. The summed E-state index contributed by atoms with van der Waals surface area (Å²) in [6, 6.07) is 8.94. The lowest BCUT2D eigenvalue weighted by Gasteiger charge is -2.26. The van der Waals surface area contributed by atoms with Crippen LogP contribution >= 0.6 is 0 Å². The molecule has 0 aliphatic carbocycles. The van der Waals surface area contributed by atoms with Crippen LogP contribution in [-0.2, 0) is 18.3 Å². The predicted molar refractivity (Wildman–Crippen MR) is 131 cm³/mol. The summed E-state index contributed by atoms with van der Waals surface area (Å²) in [6.45, 7) is 1.57. The van der Waals surface area contributed by atoms with Crippen molar-refractivity contribution in [3.05, 3.63) is 72.6 Å². The molecule has 0 saturated carbocycles. The molecular formula is C25H24F3N7O2. The minimum atomic E-state index is -4.71. The van der Waals surface area contributed by atoms with Gasteiger partial charge in [-0.25, -0.2) is 9.97 Å². The Morgan fingerprint density at radius 3 is 2.46 bits per heavy atom. The van der Waals surface area contributed by atoms with Crippen LogP contribution in [-0.4, -0.2) is 47.2 Å². The SMILES string of the molecule is Cn1cc(-c2cc3ncc(-c4ccc(CC(=O)NC(=N)/C=C(\O)C(C)(C)C(F)(F)F)cc4)n3cn2)cn1. The number of benzene rings is 1. The van der Waals surface area contributed by atoms with Crippen LogP contribution in [0.2, 0.25) is 0 Å². The molecule has 4 aromatic rings. The minimum absolute atomic E-state index is 0.108. The molecule has 0 aliphatic rings. The van der Waals surface area contributed by atoms with Crippen molar-refractivity contribution in [3.8, 4) is 22.5 Å². The summed E-state index contributed by atoms with van der Waals surface area (Å²) in [4.78, 5) is 21.2. The van der Waals surface area contributed by atoms with E-state index in [0.29, 0.717) is 17.3 Å². The first-order chi connectivity index (χ1) is 17.3. The number of halogens is 3. The van der Waals surface area contributed by atoms with Gasteiger partial charge in [0.2, 0.25) is 5.91 Å². The molecule has 3 heterocycles. The molecule has 3 aromatic heterocycles. The van der Waals surface area contributed by atoms with Gasteiger partial charge in [-0.1, -0.05) is 24.3 Å². The highest BCUT2D eigenvalue weighted by atomic mass is 19.4. The van der Waals surface area contributed by atoms with Crippen LogP contribution in [0.5, 0.6) is 0 Å². The van der Waals surface area contributed by atoms with E-state index in [-0.39, 0.29) is 6.42 Å². The molecule has 3 N–H and O–H groups in total. The van der Waals surface area contributed by atoms with Gasteiger partial charge in [0.25, 0.3) is 0 Å². The molecular weight excluding hydrogens is 487 g/mol. The fourth-order valence-electron chi connectivity index (χ4n) is 3.48. The number of alkyl halides is 3. The number of nitrogens with one attached hydrogen (secondary N) is 2. The molecule has 9 nitrogen and oxygen atoms in total. The van der Waals surface area contributed by atoms with Gasteiger partial charge in [-0.3, -0.25) is 19.3 Å². The van der Waals surface area contributed by atoms with Crippen molar-refractivity contribution in [3.63, 3.8) is 0 Å². The summed E-state index contributed by atoms with van der Waals surface area (Å²) in [7, 11) is 1.83. The van der Waals surface area contributed by atoms with Gasteiger partial charge in [0.15, 0.2) is 0 Å². The molecule has 0 radical (unpaired) electrons. The van der Waals surface area contributed by atoms with E-state index in [0.717, 1.165) is 36.4 Å². The Kier molecular flexibility index (Phi) is 6.59. The van der Waals surface area contributed by atoms with Crippen LogP contribution in [0.4, 0.5) is 13.2 Å². The third-order valence-electron chi connectivity index (χ3n) is 5.92. The number of hydrogen-bond donors (Lipinski definition) is 3. The summed E-state index contributed by atoms with van der Waals surface area (Å²) in [6.07, 6.45) is 2.75. The van der Waals surface area contributed by atoms with Crippen molar-refractivity contribution < 1.29 is 23.1 Å². The van der Waals surface area contributed by atoms with E-state index in [4.69, 9.17) is 5.41 Å². The van der Waals surface area contributed by atoms with Crippen LogP contribution in [0.1, 0.15) is 19.4 Å². The van der Waals surface area contributed by atoms with Gasteiger partial charge in [0.05, 0.1) is 30.2 Å². The molecule has 1 aromatic carbocycles. The molecule has 0 bridgehead atoms. The lowest BCUT2D eigenvalue weighted by molar-refractivity contribution is -0.206. The van der Waals surface area contributed by atoms with E-state index in [1.165, 1.54) is 0 Å². The Labute approximate surface area is 209 Å². The number of rotatable bonds is 6. The molecule has 0 aliphatic heterocycles.